The Morgan fingerprint density at radius 2 is 2.23 bits per heavy atom. The van der Waals surface area contributed by atoms with Crippen molar-refractivity contribution in [2.24, 2.45) is 0 Å². The summed E-state index contributed by atoms with van der Waals surface area (Å²) in [7, 11) is 0. The number of benzene rings is 1. The maximum Gasteiger partial charge on any atom is 0.290 e. The molecular weight excluding hydrogens is 292 g/mol. The number of carbonyl (C=O) groups is 1. The van der Waals surface area contributed by atoms with Crippen LogP contribution >= 0.6 is 0 Å². The first kappa shape index (κ1) is 14.5. The van der Waals surface area contributed by atoms with Gasteiger partial charge in [0.05, 0.1) is 11.4 Å². The number of halogens is 2. The van der Waals surface area contributed by atoms with Crippen LogP contribution in [0.2, 0.25) is 0 Å². The molecule has 1 aliphatic rings. The van der Waals surface area contributed by atoms with Crippen LogP contribution in [0.25, 0.3) is 0 Å². The van der Waals surface area contributed by atoms with Crippen molar-refractivity contribution in [2.45, 2.75) is 19.4 Å². The van der Waals surface area contributed by atoms with E-state index in [2.05, 4.69) is 10.5 Å². The van der Waals surface area contributed by atoms with E-state index in [0.717, 1.165) is 6.07 Å². The van der Waals surface area contributed by atoms with Crippen molar-refractivity contribution in [2.75, 3.05) is 18.0 Å². The predicted molar refractivity (Wildman–Crippen MR) is 75.7 cm³/mol. The Kier molecular flexibility index (Phi) is 3.79. The molecule has 0 aliphatic carbocycles. The molecule has 1 saturated heterocycles. The fraction of sp³-hybridized carbons (Fsp3) is 0.333. The molecule has 1 aliphatic heterocycles. The summed E-state index contributed by atoms with van der Waals surface area (Å²) in [5.74, 6) is -1.39. The average molecular weight is 307 g/mol. The molecule has 0 bridgehead atoms. The summed E-state index contributed by atoms with van der Waals surface area (Å²) < 4.78 is 31.6. The summed E-state index contributed by atoms with van der Waals surface area (Å²) in [6.45, 7) is 2.78. The third-order valence-electron chi connectivity index (χ3n) is 3.63. The number of carbonyl (C=O) groups excluding carboxylic acids is 1. The molecule has 1 N–H and O–H groups in total. The van der Waals surface area contributed by atoms with Gasteiger partial charge < -0.3 is 14.7 Å². The monoisotopic (exact) mass is 307 g/mol. The highest BCUT2D eigenvalue weighted by molar-refractivity contribution is 5.91. The SMILES string of the molecule is Cc1cc(C(=O)N[C@@H]2CCN(c3ccc(F)cc3F)C2)on1. The molecule has 1 amide bonds. The highest BCUT2D eigenvalue weighted by atomic mass is 19.1. The smallest absolute Gasteiger partial charge is 0.290 e. The van der Waals surface area contributed by atoms with Crippen molar-refractivity contribution in [3.8, 4) is 0 Å². The molecule has 0 unspecified atom stereocenters. The Bertz CT molecular complexity index is 702. The second-order valence-electron chi connectivity index (χ2n) is 5.33. The van der Waals surface area contributed by atoms with E-state index in [1.807, 2.05) is 0 Å². The van der Waals surface area contributed by atoms with Gasteiger partial charge in [0.1, 0.15) is 11.6 Å². The molecule has 1 fully saturated rings. The minimum Gasteiger partial charge on any atom is -0.367 e. The normalized spacial score (nSPS) is 17.8. The lowest BCUT2D eigenvalue weighted by Crippen LogP contribution is -2.37. The highest BCUT2D eigenvalue weighted by Crippen LogP contribution is 2.24. The Morgan fingerprint density at radius 1 is 1.41 bits per heavy atom. The van der Waals surface area contributed by atoms with Gasteiger partial charge in [0.2, 0.25) is 5.76 Å². The van der Waals surface area contributed by atoms with Crippen LogP contribution in [0.3, 0.4) is 0 Å². The van der Waals surface area contributed by atoms with Gasteiger partial charge in [-0.1, -0.05) is 5.16 Å². The molecule has 0 radical (unpaired) electrons. The van der Waals surface area contributed by atoms with Crippen LogP contribution in [-0.2, 0) is 0 Å². The van der Waals surface area contributed by atoms with Crippen LogP contribution in [0.5, 0.6) is 0 Å². The molecule has 0 spiro atoms. The van der Waals surface area contributed by atoms with Crippen LogP contribution in [0.4, 0.5) is 14.5 Å². The van der Waals surface area contributed by atoms with Crippen LogP contribution in [0.15, 0.2) is 28.8 Å². The van der Waals surface area contributed by atoms with Crippen molar-refractivity contribution in [3.05, 3.63) is 47.4 Å². The standard InChI is InChI=1S/C15H15F2N3O2/c1-9-6-14(22-19-9)15(21)18-11-4-5-20(8-11)13-3-2-10(16)7-12(13)17/h2-3,6-7,11H,4-5,8H2,1H3,(H,18,21)/t11-/m1/s1. The van der Waals surface area contributed by atoms with Crippen molar-refractivity contribution >= 4 is 11.6 Å². The van der Waals surface area contributed by atoms with Gasteiger partial charge in [0, 0.05) is 31.3 Å². The van der Waals surface area contributed by atoms with Crippen molar-refractivity contribution < 1.29 is 18.1 Å². The molecular formula is C15H15F2N3O2. The second-order valence-corrected chi connectivity index (χ2v) is 5.33. The average Bonchev–Trinajstić information content (AvgIpc) is 3.08. The minimum absolute atomic E-state index is 0.123. The van der Waals surface area contributed by atoms with E-state index >= 15 is 0 Å². The first-order chi connectivity index (χ1) is 10.5. The zero-order chi connectivity index (χ0) is 15.7. The molecule has 116 valence electrons. The quantitative estimate of drug-likeness (QED) is 0.945. The lowest BCUT2D eigenvalue weighted by Gasteiger charge is -2.19. The molecule has 1 aromatic carbocycles. The van der Waals surface area contributed by atoms with E-state index in [1.54, 1.807) is 17.9 Å². The fourth-order valence-corrected chi connectivity index (χ4v) is 2.56. The summed E-state index contributed by atoms with van der Waals surface area (Å²) in [5, 5.41) is 6.49. The fourth-order valence-electron chi connectivity index (χ4n) is 2.56. The van der Waals surface area contributed by atoms with E-state index in [1.165, 1.54) is 12.1 Å². The van der Waals surface area contributed by atoms with E-state index < -0.39 is 11.6 Å². The molecule has 2 aromatic rings. The predicted octanol–water partition coefficient (Wildman–Crippen LogP) is 2.27. The van der Waals surface area contributed by atoms with Crippen molar-refractivity contribution in [1.82, 2.24) is 10.5 Å². The van der Waals surface area contributed by atoms with Gasteiger partial charge in [0.15, 0.2) is 0 Å². The zero-order valence-corrected chi connectivity index (χ0v) is 12.0. The summed E-state index contributed by atoms with van der Waals surface area (Å²) in [6.07, 6.45) is 0.676. The molecule has 1 aromatic heterocycles. The van der Waals surface area contributed by atoms with Crippen LogP contribution in [0, 0.1) is 18.6 Å². The Hall–Kier alpha value is -2.44. The largest absolute Gasteiger partial charge is 0.367 e. The molecule has 0 saturated carbocycles. The number of nitrogens with zero attached hydrogens (tertiary/aromatic N) is 2. The van der Waals surface area contributed by atoms with E-state index in [9.17, 15) is 13.6 Å². The van der Waals surface area contributed by atoms with Gasteiger partial charge in [0.25, 0.3) is 5.91 Å². The van der Waals surface area contributed by atoms with Crippen molar-refractivity contribution in [3.63, 3.8) is 0 Å². The molecule has 5 nitrogen and oxygen atoms in total. The number of hydrogen-bond acceptors (Lipinski definition) is 4. The third kappa shape index (κ3) is 2.93. The number of aromatic nitrogens is 1. The molecule has 7 heteroatoms. The van der Waals surface area contributed by atoms with Gasteiger partial charge >= 0.3 is 0 Å². The van der Waals surface area contributed by atoms with Gasteiger partial charge in [-0.25, -0.2) is 8.78 Å². The Labute approximate surface area is 125 Å². The lowest BCUT2D eigenvalue weighted by atomic mass is 10.2. The maximum atomic E-state index is 13.8. The first-order valence-electron chi connectivity index (χ1n) is 6.97. The number of hydrogen-bond donors (Lipinski definition) is 1. The number of anilines is 1. The second kappa shape index (κ2) is 5.75. The molecule has 1 atom stereocenters. The number of amides is 1. The van der Waals surface area contributed by atoms with Crippen molar-refractivity contribution in [1.29, 1.82) is 0 Å². The van der Waals surface area contributed by atoms with E-state index in [0.29, 0.717) is 30.9 Å². The third-order valence-corrected chi connectivity index (χ3v) is 3.63. The number of nitrogens with one attached hydrogen (secondary N) is 1. The molecule has 22 heavy (non-hydrogen) atoms. The first-order valence-corrected chi connectivity index (χ1v) is 6.97. The Balaban J connectivity index is 1.64. The van der Waals surface area contributed by atoms with Gasteiger partial charge in [-0.2, -0.15) is 0 Å². The van der Waals surface area contributed by atoms with Crippen LogP contribution in [-0.4, -0.2) is 30.2 Å². The van der Waals surface area contributed by atoms with E-state index in [-0.39, 0.29) is 17.7 Å². The summed E-state index contributed by atoms with van der Waals surface area (Å²) >= 11 is 0. The number of aryl methyl sites for hydroxylation is 1. The Morgan fingerprint density at radius 3 is 2.91 bits per heavy atom. The summed E-state index contributed by atoms with van der Waals surface area (Å²) in [6, 6.07) is 4.93. The maximum absolute atomic E-state index is 13.8. The topological polar surface area (TPSA) is 58.4 Å². The van der Waals surface area contributed by atoms with Gasteiger partial charge in [-0.15, -0.1) is 0 Å². The summed E-state index contributed by atoms with van der Waals surface area (Å²) in [4.78, 5) is 13.8. The van der Waals surface area contributed by atoms with Crippen LogP contribution in [0.1, 0.15) is 22.7 Å². The lowest BCUT2D eigenvalue weighted by molar-refractivity contribution is 0.0903. The number of rotatable bonds is 3. The molecule has 2 heterocycles. The molecule has 3 rings (SSSR count). The van der Waals surface area contributed by atoms with Gasteiger partial charge in [-0.3, -0.25) is 4.79 Å². The zero-order valence-electron chi connectivity index (χ0n) is 12.0. The summed E-state index contributed by atoms with van der Waals surface area (Å²) in [5.41, 5.74) is 0.972. The van der Waals surface area contributed by atoms with E-state index in [4.69, 9.17) is 4.52 Å². The van der Waals surface area contributed by atoms with Crippen LogP contribution < -0.4 is 10.2 Å². The van der Waals surface area contributed by atoms with Gasteiger partial charge in [-0.05, 0) is 25.5 Å². The highest BCUT2D eigenvalue weighted by Gasteiger charge is 2.27. The minimum atomic E-state index is -0.606.